The van der Waals surface area contributed by atoms with Crippen molar-refractivity contribution < 1.29 is 4.79 Å². The summed E-state index contributed by atoms with van der Waals surface area (Å²) in [6.07, 6.45) is 0.983. The average Bonchev–Trinajstić information content (AvgIpc) is 3.09. The number of thioether (sulfide) groups is 1. The fraction of sp³-hybridized carbons (Fsp3) is 0.409. The zero-order chi connectivity index (χ0) is 20.3. The number of hydrogen-bond donors (Lipinski definition) is 0. The number of carbonyl (C=O) groups excluding carboxylic acids is 1. The molecule has 0 spiro atoms. The van der Waals surface area contributed by atoms with Crippen LogP contribution in [0.3, 0.4) is 0 Å². The van der Waals surface area contributed by atoms with Gasteiger partial charge in [0, 0.05) is 22.8 Å². The molecule has 1 amide bonds. The normalized spacial score (nSPS) is 12.5. The number of aromatic nitrogens is 2. The van der Waals surface area contributed by atoms with Gasteiger partial charge in [-0.3, -0.25) is 4.79 Å². The molecule has 28 heavy (non-hydrogen) atoms. The Morgan fingerprint density at radius 2 is 1.89 bits per heavy atom. The molecule has 2 heterocycles. The summed E-state index contributed by atoms with van der Waals surface area (Å²) < 4.78 is 0. The zero-order valence-electron chi connectivity index (χ0n) is 17.1. The van der Waals surface area contributed by atoms with Crippen molar-refractivity contribution in [2.45, 2.75) is 63.9 Å². The van der Waals surface area contributed by atoms with E-state index in [9.17, 15) is 4.79 Å². The van der Waals surface area contributed by atoms with Crippen molar-refractivity contribution in [3.8, 4) is 0 Å². The molecule has 0 aliphatic rings. The van der Waals surface area contributed by atoms with Crippen molar-refractivity contribution in [1.29, 1.82) is 0 Å². The molecule has 0 saturated carbocycles. The number of benzene rings is 1. The second-order valence-corrected chi connectivity index (χ2v) is 9.61. The summed E-state index contributed by atoms with van der Waals surface area (Å²) in [6, 6.07) is 12.5. The van der Waals surface area contributed by atoms with Crippen molar-refractivity contribution in [1.82, 2.24) is 14.9 Å². The molecule has 1 unspecified atom stereocenters. The summed E-state index contributed by atoms with van der Waals surface area (Å²) in [5.41, 5.74) is 1.15. The lowest BCUT2D eigenvalue weighted by Crippen LogP contribution is -2.40. The smallest absolute Gasteiger partial charge is 0.236 e. The van der Waals surface area contributed by atoms with E-state index in [2.05, 4.69) is 48.9 Å². The number of aryl methyl sites for hydroxylation is 2. The Kier molecular flexibility index (Phi) is 6.73. The third-order valence-electron chi connectivity index (χ3n) is 4.61. The zero-order valence-corrected chi connectivity index (χ0v) is 18.7. The first-order valence-electron chi connectivity index (χ1n) is 9.67. The van der Waals surface area contributed by atoms with Gasteiger partial charge in [-0.1, -0.05) is 49.0 Å². The van der Waals surface area contributed by atoms with E-state index in [1.165, 1.54) is 16.6 Å². The Morgan fingerprint density at radius 3 is 2.54 bits per heavy atom. The summed E-state index contributed by atoms with van der Waals surface area (Å²) in [5, 5.41) is 1.76. The van der Waals surface area contributed by atoms with Crippen molar-refractivity contribution in [2.24, 2.45) is 0 Å². The van der Waals surface area contributed by atoms with Crippen LogP contribution in [0.5, 0.6) is 0 Å². The molecule has 0 radical (unpaired) electrons. The SMILES string of the molecule is CCc1cc2c(SC(C)C(=O)N(Cc3ccccc3)C(C)C)nc(C)nc2s1. The van der Waals surface area contributed by atoms with E-state index in [-0.39, 0.29) is 17.2 Å². The minimum atomic E-state index is -0.214. The minimum Gasteiger partial charge on any atom is -0.335 e. The summed E-state index contributed by atoms with van der Waals surface area (Å²) in [6.45, 7) is 10.8. The van der Waals surface area contributed by atoms with Gasteiger partial charge < -0.3 is 4.90 Å². The first-order chi connectivity index (χ1) is 13.4. The van der Waals surface area contributed by atoms with Crippen LogP contribution in [-0.4, -0.2) is 32.1 Å². The van der Waals surface area contributed by atoms with E-state index < -0.39 is 0 Å². The quantitative estimate of drug-likeness (QED) is 0.380. The highest BCUT2D eigenvalue weighted by molar-refractivity contribution is 8.00. The Hall–Kier alpha value is -1.92. The Labute approximate surface area is 175 Å². The van der Waals surface area contributed by atoms with Crippen molar-refractivity contribution in [2.75, 3.05) is 0 Å². The fourth-order valence-electron chi connectivity index (χ4n) is 3.06. The molecular weight excluding hydrogens is 386 g/mol. The van der Waals surface area contributed by atoms with Gasteiger partial charge in [0.15, 0.2) is 0 Å². The van der Waals surface area contributed by atoms with Gasteiger partial charge >= 0.3 is 0 Å². The molecule has 148 valence electrons. The van der Waals surface area contributed by atoms with Crippen LogP contribution >= 0.6 is 23.1 Å². The van der Waals surface area contributed by atoms with E-state index in [0.29, 0.717) is 6.54 Å². The summed E-state index contributed by atoms with van der Waals surface area (Å²) in [7, 11) is 0. The number of carbonyl (C=O) groups is 1. The van der Waals surface area contributed by atoms with Crippen LogP contribution < -0.4 is 0 Å². The number of rotatable bonds is 7. The predicted octanol–water partition coefficient (Wildman–Crippen LogP) is 5.48. The van der Waals surface area contributed by atoms with Gasteiger partial charge in [-0.25, -0.2) is 9.97 Å². The molecule has 0 fully saturated rings. The van der Waals surface area contributed by atoms with Crippen molar-refractivity contribution in [3.05, 3.63) is 52.7 Å². The average molecular weight is 414 g/mol. The Balaban J connectivity index is 1.82. The molecule has 3 aromatic rings. The molecule has 2 aromatic heterocycles. The van der Waals surface area contributed by atoms with E-state index in [1.54, 1.807) is 11.3 Å². The molecule has 0 aliphatic heterocycles. The highest BCUT2D eigenvalue weighted by Gasteiger charge is 2.25. The van der Waals surface area contributed by atoms with Crippen molar-refractivity contribution in [3.63, 3.8) is 0 Å². The molecular formula is C22H27N3OS2. The van der Waals surface area contributed by atoms with Gasteiger partial charge in [-0.15, -0.1) is 11.3 Å². The molecule has 1 atom stereocenters. The van der Waals surface area contributed by atoms with Crippen LogP contribution in [0.25, 0.3) is 10.2 Å². The first-order valence-corrected chi connectivity index (χ1v) is 11.4. The third kappa shape index (κ3) is 4.73. The molecule has 6 heteroatoms. The molecule has 4 nitrogen and oxygen atoms in total. The minimum absolute atomic E-state index is 0.135. The summed E-state index contributed by atoms with van der Waals surface area (Å²) in [4.78, 5) is 26.7. The Morgan fingerprint density at radius 1 is 1.18 bits per heavy atom. The van der Waals surface area contributed by atoms with Crippen LogP contribution in [0.1, 0.15) is 44.0 Å². The molecule has 3 rings (SSSR count). The highest BCUT2D eigenvalue weighted by atomic mass is 32.2. The van der Waals surface area contributed by atoms with Gasteiger partial charge in [0.25, 0.3) is 0 Å². The maximum absolute atomic E-state index is 13.2. The first kappa shape index (κ1) is 20.8. The van der Waals surface area contributed by atoms with Gasteiger partial charge in [0.2, 0.25) is 5.91 Å². The molecule has 0 bridgehead atoms. The van der Waals surface area contributed by atoms with Gasteiger partial charge in [-0.2, -0.15) is 0 Å². The number of hydrogen-bond acceptors (Lipinski definition) is 5. The molecule has 0 saturated heterocycles. The maximum atomic E-state index is 13.2. The highest BCUT2D eigenvalue weighted by Crippen LogP contribution is 2.34. The Bertz CT molecular complexity index is 953. The van der Waals surface area contributed by atoms with Crippen molar-refractivity contribution >= 4 is 39.2 Å². The molecule has 1 aromatic carbocycles. The van der Waals surface area contributed by atoms with Crippen LogP contribution in [0.2, 0.25) is 0 Å². The van der Waals surface area contributed by atoms with Crippen LogP contribution in [-0.2, 0) is 17.8 Å². The second-order valence-electron chi connectivity index (χ2n) is 7.17. The fourth-order valence-corrected chi connectivity index (χ4v) is 5.17. The van der Waals surface area contributed by atoms with Crippen LogP contribution in [0, 0.1) is 6.92 Å². The predicted molar refractivity (Wildman–Crippen MR) is 119 cm³/mol. The standard InChI is InChI=1S/C22H27N3OS2/c1-6-18-12-19-20(23-16(5)24-21(19)28-18)27-15(4)22(26)25(14(2)3)13-17-10-8-7-9-11-17/h7-12,14-15H,6,13H2,1-5H3. The van der Waals surface area contributed by atoms with Gasteiger partial charge in [0.05, 0.1) is 5.25 Å². The van der Waals surface area contributed by atoms with Gasteiger partial charge in [-0.05, 0) is 45.7 Å². The number of amides is 1. The molecule has 0 N–H and O–H groups in total. The number of thiophene rings is 1. The summed E-state index contributed by atoms with van der Waals surface area (Å²) >= 11 is 3.25. The summed E-state index contributed by atoms with van der Waals surface area (Å²) in [5.74, 6) is 0.892. The third-order valence-corrected chi connectivity index (χ3v) is 6.87. The van der Waals surface area contributed by atoms with E-state index in [4.69, 9.17) is 0 Å². The topological polar surface area (TPSA) is 46.1 Å². The van der Waals surface area contributed by atoms with Crippen LogP contribution in [0.15, 0.2) is 41.4 Å². The lowest BCUT2D eigenvalue weighted by Gasteiger charge is -2.29. The number of nitrogens with zero attached hydrogens (tertiary/aromatic N) is 3. The largest absolute Gasteiger partial charge is 0.335 e. The van der Waals surface area contributed by atoms with Gasteiger partial charge in [0.1, 0.15) is 15.7 Å². The van der Waals surface area contributed by atoms with E-state index in [1.807, 2.05) is 36.9 Å². The van der Waals surface area contributed by atoms with E-state index in [0.717, 1.165) is 33.1 Å². The monoisotopic (exact) mass is 413 g/mol. The maximum Gasteiger partial charge on any atom is 0.236 e. The number of fused-ring (bicyclic) bond motifs is 1. The van der Waals surface area contributed by atoms with Crippen LogP contribution in [0.4, 0.5) is 0 Å². The molecule has 0 aliphatic carbocycles. The lowest BCUT2D eigenvalue weighted by molar-refractivity contribution is -0.132. The second kappa shape index (κ2) is 9.05. The van der Waals surface area contributed by atoms with E-state index >= 15 is 0 Å². The lowest BCUT2D eigenvalue weighted by atomic mass is 10.2.